The molecule has 2 aromatic carbocycles. The van der Waals surface area contributed by atoms with Gasteiger partial charge in [0.25, 0.3) is 0 Å². The summed E-state index contributed by atoms with van der Waals surface area (Å²) in [6, 6.07) is 20.0. The number of halogens is 1. The molecule has 0 amide bonds. The Morgan fingerprint density at radius 3 is 2.68 bits per heavy atom. The van der Waals surface area contributed by atoms with E-state index in [1.54, 1.807) is 25.4 Å². The average molecular weight is 378 g/mol. The van der Waals surface area contributed by atoms with E-state index in [4.69, 9.17) is 4.74 Å². The molecule has 144 valence electrons. The summed E-state index contributed by atoms with van der Waals surface area (Å²) in [5, 5.41) is 6.55. The number of aliphatic imine (C=N–C) groups is 1. The highest BCUT2D eigenvalue weighted by atomic mass is 19.1. The van der Waals surface area contributed by atoms with Gasteiger partial charge in [0.15, 0.2) is 5.96 Å². The van der Waals surface area contributed by atoms with Crippen LogP contribution in [-0.2, 0) is 13.0 Å². The zero-order valence-electron chi connectivity index (χ0n) is 15.7. The molecule has 0 radical (unpaired) electrons. The summed E-state index contributed by atoms with van der Waals surface area (Å²) >= 11 is 0. The van der Waals surface area contributed by atoms with Gasteiger partial charge in [-0.3, -0.25) is 4.99 Å². The predicted molar refractivity (Wildman–Crippen MR) is 109 cm³/mol. The zero-order valence-corrected chi connectivity index (χ0v) is 15.7. The third kappa shape index (κ3) is 5.81. The van der Waals surface area contributed by atoms with Gasteiger partial charge in [-0.15, -0.1) is 0 Å². The highest BCUT2D eigenvalue weighted by Gasteiger charge is 2.08. The van der Waals surface area contributed by atoms with Crippen LogP contribution in [0, 0.1) is 5.82 Å². The Kier molecular flexibility index (Phi) is 6.95. The van der Waals surface area contributed by atoms with E-state index in [-0.39, 0.29) is 5.82 Å². The van der Waals surface area contributed by atoms with E-state index in [9.17, 15) is 4.39 Å². The summed E-state index contributed by atoms with van der Waals surface area (Å²) in [4.78, 5) is 8.51. The first kappa shape index (κ1) is 19.4. The Balaban J connectivity index is 1.55. The van der Waals surface area contributed by atoms with E-state index < -0.39 is 0 Å². The average Bonchev–Trinajstić information content (AvgIpc) is 2.72. The Hall–Kier alpha value is -3.41. The van der Waals surface area contributed by atoms with E-state index in [1.807, 2.05) is 30.3 Å². The van der Waals surface area contributed by atoms with Crippen molar-refractivity contribution in [3.63, 3.8) is 0 Å². The summed E-state index contributed by atoms with van der Waals surface area (Å²) in [6.45, 7) is 1.24. The Morgan fingerprint density at radius 1 is 1.04 bits per heavy atom. The quantitative estimate of drug-likeness (QED) is 0.483. The highest BCUT2D eigenvalue weighted by molar-refractivity contribution is 5.79. The summed E-state index contributed by atoms with van der Waals surface area (Å²) < 4.78 is 19.1. The Bertz CT molecular complexity index is 915. The van der Waals surface area contributed by atoms with Gasteiger partial charge in [0.05, 0.1) is 0 Å². The number of nitrogens with zero attached hydrogens (tertiary/aromatic N) is 2. The Morgan fingerprint density at radius 2 is 1.89 bits per heavy atom. The normalized spacial score (nSPS) is 11.1. The molecule has 0 aliphatic heterocycles. The first-order chi connectivity index (χ1) is 13.7. The van der Waals surface area contributed by atoms with E-state index in [2.05, 4.69) is 32.7 Å². The van der Waals surface area contributed by atoms with Gasteiger partial charge in [-0.25, -0.2) is 9.37 Å². The van der Waals surface area contributed by atoms with Crippen LogP contribution >= 0.6 is 0 Å². The van der Waals surface area contributed by atoms with Gasteiger partial charge >= 0.3 is 0 Å². The zero-order chi connectivity index (χ0) is 19.6. The largest absolute Gasteiger partial charge is 0.439 e. The van der Waals surface area contributed by atoms with Crippen LogP contribution in [0.3, 0.4) is 0 Å². The number of aromatic nitrogens is 1. The lowest BCUT2D eigenvalue weighted by Gasteiger charge is -2.14. The van der Waals surface area contributed by atoms with Crippen LogP contribution in [0.25, 0.3) is 0 Å². The summed E-state index contributed by atoms with van der Waals surface area (Å²) in [6.07, 6.45) is 2.55. The third-order valence-corrected chi connectivity index (χ3v) is 4.08. The molecular formula is C22H23FN4O. The maximum atomic E-state index is 13.4. The van der Waals surface area contributed by atoms with Gasteiger partial charge in [-0.1, -0.05) is 42.5 Å². The second kappa shape index (κ2) is 10.1. The molecule has 0 saturated carbocycles. The SMILES string of the molecule is CN=C(NCCc1ccccc1)NCc1cccnc1Oc1cccc(F)c1. The lowest BCUT2D eigenvalue weighted by Crippen LogP contribution is -2.37. The predicted octanol–water partition coefficient (Wildman–Crippen LogP) is 3.92. The van der Waals surface area contributed by atoms with Crippen LogP contribution in [0.4, 0.5) is 4.39 Å². The van der Waals surface area contributed by atoms with Gasteiger partial charge in [-0.2, -0.15) is 0 Å². The fourth-order valence-electron chi connectivity index (χ4n) is 2.66. The summed E-state index contributed by atoms with van der Waals surface area (Å²) in [5.74, 6) is 1.18. The number of benzene rings is 2. The minimum Gasteiger partial charge on any atom is -0.439 e. The lowest BCUT2D eigenvalue weighted by atomic mass is 10.1. The van der Waals surface area contributed by atoms with Gasteiger partial charge < -0.3 is 15.4 Å². The van der Waals surface area contributed by atoms with Crippen LogP contribution in [-0.4, -0.2) is 24.5 Å². The fourth-order valence-corrected chi connectivity index (χ4v) is 2.66. The number of rotatable bonds is 7. The van der Waals surface area contributed by atoms with Crippen molar-refractivity contribution in [2.24, 2.45) is 4.99 Å². The molecule has 0 aliphatic carbocycles. The van der Waals surface area contributed by atoms with Crippen LogP contribution in [0.5, 0.6) is 11.6 Å². The van der Waals surface area contributed by atoms with Crippen LogP contribution in [0.15, 0.2) is 77.9 Å². The van der Waals surface area contributed by atoms with Gasteiger partial charge in [-0.05, 0) is 30.2 Å². The fraction of sp³-hybridized carbons (Fsp3) is 0.182. The van der Waals surface area contributed by atoms with Crippen molar-refractivity contribution in [3.05, 3.63) is 89.9 Å². The molecular weight excluding hydrogens is 355 g/mol. The van der Waals surface area contributed by atoms with Gasteiger partial charge in [0.2, 0.25) is 5.88 Å². The summed E-state index contributed by atoms with van der Waals surface area (Å²) in [5.41, 5.74) is 2.11. The molecule has 0 spiro atoms. The van der Waals surface area contributed by atoms with E-state index in [1.165, 1.54) is 17.7 Å². The molecule has 28 heavy (non-hydrogen) atoms. The molecule has 1 aromatic heterocycles. The molecule has 3 aromatic rings. The molecule has 0 aliphatic rings. The van der Waals surface area contributed by atoms with E-state index >= 15 is 0 Å². The number of ether oxygens (including phenoxy) is 1. The monoisotopic (exact) mass is 378 g/mol. The number of pyridine rings is 1. The second-order valence-electron chi connectivity index (χ2n) is 6.12. The maximum absolute atomic E-state index is 13.4. The molecule has 0 bridgehead atoms. The van der Waals surface area contributed by atoms with Crippen molar-refractivity contribution in [1.29, 1.82) is 0 Å². The van der Waals surface area contributed by atoms with Crippen molar-refractivity contribution in [2.45, 2.75) is 13.0 Å². The molecule has 1 heterocycles. The van der Waals surface area contributed by atoms with Crippen molar-refractivity contribution in [1.82, 2.24) is 15.6 Å². The van der Waals surface area contributed by atoms with Crippen molar-refractivity contribution < 1.29 is 9.13 Å². The van der Waals surface area contributed by atoms with Gasteiger partial charge in [0.1, 0.15) is 11.6 Å². The molecule has 2 N–H and O–H groups in total. The molecule has 0 atom stereocenters. The van der Waals surface area contributed by atoms with Crippen molar-refractivity contribution in [2.75, 3.05) is 13.6 Å². The van der Waals surface area contributed by atoms with Crippen molar-refractivity contribution in [3.8, 4) is 11.6 Å². The molecule has 5 nitrogen and oxygen atoms in total. The maximum Gasteiger partial charge on any atom is 0.224 e. The minimum absolute atomic E-state index is 0.351. The third-order valence-electron chi connectivity index (χ3n) is 4.08. The first-order valence-electron chi connectivity index (χ1n) is 9.10. The number of nitrogens with one attached hydrogen (secondary N) is 2. The standard InChI is InChI=1S/C22H23FN4O/c1-24-22(26-14-12-17-7-3-2-4-8-17)27-16-18-9-6-13-25-21(18)28-20-11-5-10-19(23)15-20/h2-11,13,15H,12,14,16H2,1H3,(H2,24,26,27). The topological polar surface area (TPSA) is 58.5 Å². The Labute approximate surface area is 164 Å². The first-order valence-corrected chi connectivity index (χ1v) is 9.10. The lowest BCUT2D eigenvalue weighted by molar-refractivity contribution is 0.450. The van der Waals surface area contributed by atoms with Crippen LogP contribution in [0.1, 0.15) is 11.1 Å². The molecule has 3 rings (SSSR count). The molecule has 0 saturated heterocycles. The van der Waals surface area contributed by atoms with Crippen LogP contribution < -0.4 is 15.4 Å². The number of hydrogen-bond donors (Lipinski definition) is 2. The van der Waals surface area contributed by atoms with Gasteiger partial charge in [0, 0.05) is 38.0 Å². The highest BCUT2D eigenvalue weighted by Crippen LogP contribution is 2.23. The van der Waals surface area contributed by atoms with Crippen LogP contribution in [0.2, 0.25) is 0 Å². The summed E-state index contributed by atoms with van der Waals surface area (Å²) in [7, 11) is 1.73. The molecule has 0 unspecified atom stereocenters. The van der Waals surface area contributed by atoms with E-state index in [0.717, 1.165) is 18.5 Å². The number of hydrogen-bond acceptors (Lipinski definition) is 3. The van der Waals surface area contributed by atoms with E-state index in [0.29, 0.717) is 24.1 Å². The molecule has 6 heteroatoms. The number of guanidine groups is 1. The second-order valence-corrected chi connectivity index (χ2v) is 6.12. The van der Waals surface area contributed by atoms with Crippen molar-refractivity contribution >= 4 is 5.96 Å². The molecule has 0 fully saturated rings. The smallest absolute Gasteiger partial charge is 0.224 e. The minimum atomic E-state index is -0.351.